The van der Waals surface area contributed by atoms with Gasteiger partial charge in [-0.05, 0) is 18.6 Å². The summed E-state index contributed by atoms with van der Waals surface area (Å²) in [6, 6.07) is 4.32. The van der Waals surface area contributed by atoms with Crippen LogP contribution in [-0.2, 0) is 13.6 Å². The van der Waals surface area contributed by atoms with E-state index in [2.05, 4.69) is 28.8 Å². The van der Waals surface area contributed by atoms with Crippen molar-refractivity contribution >= 4 is 0 Å². The quantitative estimate of drug-likeness (QED) is 0.688. The predicted molar refractivity (Wildman–Crippen MR) is 55.2 cm³/mol. The van der Waals surface area contributed by atoms with Gasteiger partial charge in [0, 0.05) is 25.5 Å². The van der Waals surface area contributed by atoms with Crippen LogP contribution < -0.4 is 5.32 Å². The van der Waals surface area contributed by atoms with Crippen molar-refractivity contribution in [2.24, 2.45) is 7.05 Å². The Hall–Kier alpha value is -1.20. The number of terminal acetylenes is 1. The number of aryl methyl sites for hydroxylation is 1. The van der Waals surface area contributed by atoms with E-state index in [1.165, 1.54) is 5.69 Å². The molecule has 2 heteroatoms. The van der Waals surface area contributed by atoms with E-state index in [-0.39, 0.29) is 6.04 Å². The van der Waals surface area contributed by atoms with Crippen molar-refractivity contribution in [3.05, 3.63) is 24.0 Å². The molecule has 1 aromatic heterocycles. The van der Waals surface area contributed by atoms with E-state index in [9.17, 15) is 0 Å². The third-order valence-electron chi connectivity index (χ3n) is 2.19. The van der Waals surface area contributed by atoms with Crippen LogP contribution >= 0.6 is 0 Å². The van der Waals surface area contributed by atoms with Crippen LogP contribution in [0.25, 0.3) is 0 Å². The summed E-state index contributed by atoms with van der Waals surface area (Å²) in [6.45, 7) is 2.93. The minimum absolute atomic E-state index is 0.190. The maximum absolute atomic E-state index is 5.34. The normalized spacial score (nSPS) is 12.4. The first-order valence-electron chi connectivity index (χ1n) is 4.57. The Bertz CT molecular complexity index is 293. The average molecular weight is 176 g/mol. The molecular formula is C11H16N2. The molecule has 0 amide bonds. The minimum atomic E-state index is 0.190. The fourth-order valence-electron chi connectivity index (χ4n) is 1.23. The summed E-state index contributed by atoms with van der Waals surface area (Å²) in [5.74, 6) is 2.71. The van der Waals surface area contributed by atoms with Crippen molar-refractivity contribution in [2.75, 3.05) is 0 Å². The molecule has 0 fully saturated rings. The number of nitrogens with one attached hydrogen (secondary N) is 1. The van der Waals surface area contributed by atoms with Crippen molar-refractivity contribution in [3.63, 3.8) is 0 Å². The molecule has 0 aliphatic carbocycles. The van der Waals surface area contributed by atoms with Gasteiger partial charge in [-0.25, -0.2) is 0 Å². The molecule has 0 aliphatic rings. The number of rotatable bonds is 4. The zero-order valence-corrected chi connectivity index (χ0v) is 8.25. The van der Waals surface area contributed by atoms with Crippen molar-refractivity contribution in [3.8, 4) is 12.3 Å². The van der Waals surface area contributed by atoms with Gasteiger partial charge in [0.05, 0.1) is 6.04 Å². The lowest BCUT2D eigenvalue weighted by molar-refractivity contribution is 0.575. The topological polar surface area (TPSA) is 17.0 Å². The van der Waals surface area contributed by atoms with Crippen molar-refractivity contribution in [1.82, 2.24) is 9.88 Å². The predicted octanol–water partition coefficient (Wildman–Crippen LogP) is 1.53. The lowest BCUT2D eigenvalue weighted by atomic mass is 10.2. The molecule has 1 rings (SSSR count). The second-order valence-electron chi connectivity index (χ2n) is 3.12. The van der Waals surface area contributed by atoms with Gasteiger partial charge in [0.15, 0.2) is 0 Å². The first-order chi connectivity index (χ1) is 6.27. The van der Waals surface area contributed by atoms with Gasteiger partial charge >= 0.3 is 0 Å². The summed E-state index contributed by atoms with van der Waals surface area (Å²) < 4.78 is 2.09. The molecule has 13 heavy (non-hydrogen) atoms. The van der Waals surface area contributed by atoms with Gasteiger partial charge in [0.1, 0.15) is 0 Å². The molecule has 1 aromatic rings. The van der Waals surface area contributed by atoms with E-state index in [4.69, 9.17) is 6.42 Å². The van der Waals surface area contributed by atoms with E-state index >= 15 is 0 Å². The third-order valence-corrected chi connectivity index (χ3v) is 2.19. The Morgan fingerprint density at radius 1 is 1.69 bits per heavy atom. The van der Waals surface area contributed by atoms with Crippen LogP contribution in [0.2, 0.25) is 0 Å². The van der Waals surface area contributed by atoms with E-state index in [1.807, 2.05) is 19.3 Å². The number of hydrogen-bond donors (Lipinski definition) is 1. The molecule has 0 saturated heterocycles. The molecule has 2 nitrogen and oxygen atoms in total. The highest BCUT2D eigenvalue weighted by Gasteiger charge is 2.01. The van der Waals surface area contributed by atoms with E-state index in [0.29, 0.717) is 0 Å². The third kappa shape index (κ3) is 2.64. The molecule has 0 aliphatic heterocycles. The van der Waals surface area contributed by atoms with Crippen LogP contribution in [0.15, 0.2) is 18.3 Å². The Labute approximate surface area is 80.0 Å². The highest BCUT2D eigenvalue weighted by molar-refractivity contribution is 5.07. The van der Waals surface area contributed by atoms with Gasteiger partial charge in [-0.3, -0.25) is 5.32 Å². The monoisotopic (exact) mass is 176 g/mol. The Morgan fingerprint density at radius 3 is 2.92 bits per heavy atom. The van der Waals surface area contributed by atoms with Crippen molar-refractivity contribution in [2.45, 2.75) is 25.9 Å². The Morgan fingerprint density at radius 2 is 2.46 bits per heavy atom. The maximum Gasteiger partial charge on any atom is 0.0687 e. The Kier molecular flexibility index (Phi) is 3.60. The molecule has 70 valence electrons. The standard InChI is InChI=1S/C11H16N2/c1-4-10(5-2)12-9-11-7-6-8-13(11)3/h1,6-8,10,12H,5,9H2,2-3H3. The van der Waals surface area contributed by atoms with Gasteiger partial charge in [0.25, 0.3) is 0 Å². The summed E-state index contributed by atoms with van der Waals surface area (Å²) in [7, 11) is 2.04. The summed E-state index contributed by atoms with van der Waals surface area (Å²) in [6.07, 6.45) is 8.35. The molecule has 1 unspecified atom stereocenters. The molecule has 1 atom stereocenters. The van der Waals surface area contributed by atoms with E-state index < -0.39 is 0 Å². The first kappa shape index (κ1) is 9.88. The SMILES string of the molecule is C#CC(CC)NCc1cccn1C. The van der Waals surface area contributed by atoms with Crippen LogP contribution in [0.4, 0.5) is 0 Å². The van der Waals surface area contributed by atoms with Gasteiger partial charge in [-0.15, -0.1) is 6.42 Å². The molecule has 0 saturated carbocycles. The summed E-state index contributed by atoms with van der Waals surface area (Å²) in [5, 5.41) is 3.31. The van der Waals surface area contributed by atoms with E-state index in [1.54, 1.807) is 0 Å². The van der Waals surface area contributed by atoms with Crippen LogP contribution in [0.1, 0.15) is 19.0 Å². The van der Waals surface area contributed by atoms with Crippen LogP contribution in [0.5, 0.6) is 0 Å². The lowest BCUT2D eigenvalue weighted by Crippen LogP contribution is -2.26. The summed E-state index contributed by atoms with van der Waals surface area (Å²) in [4.78, 5) is 0. The van der Waals surface area contributed by atoms with Gasteiger partial charge < -0.3 is 4.57 Å². The van der Waals surface area contributed by atoms with Crippen LogP contribution in [0, 0.1) is 12.3 Å². The van der Waals surface area contributed by atoms with Gasteiger partial charge in [-0.2, -0.15) is 0 Å². The number of nitrogens with zero attached hydrogens (tertiary/aromatic N) is 1. The summed E-state index contributed by atoms with van der Waals surface area (Å²) >= 11 is 0. The maximum atomic E-state index is 5.34. The zero-order valence-electron chi connectivity index (χ0n) is 8.25. The highest BCUT2D eigenvalue weighted by Crippen LogP contribution is 1.99. The van der Waals surface area contributed by atoms with Gasteiger partial charge in [-0.1, -0.05) is 12.8 Å². The largest absolute Gasteiger partial charge is 0.353 e. The van der Waals surface area contributed by atoms with Crippen molar-refractivity contribution < 1.29 is 0 Å². The zero-order chi connectivity index (χ0) is 9.68. The molecule has 0 radical (unpaired) electrons. The van der Waals surface area contributed by atoms with Gasteiger partial charge in [0.2, 0.25) is 0 Å². The minimum Gasteiger partial charge on any atom is -0.353 e. The van der Waals surface area contributed by atoms with E-state index in [0.717, 1.165) is 13.0 Å². The molecule has 1 heterocycles. The molecule has 0 bridgehead atoms. The number of aromatic nitrogens is 1. The highest BCUT2D eigenvalue weighted by atomic mass is 15.0. The lowest BCUT2D eigenvalue weighted by Gasteiger charge is -2.10. The summed E-state index contributed by atoms with van der Waals surface area (Å²) in [5.41, 5.74) is 1.26. The Balaban J connectivity index is 2.44. The second kappa shape index (κ2) is 4.74. The molecule has 0 aromatic carbocycles. The molecular weight excluding hydrogens is 160 g/mol. The fraction of sp³-hybridized carbons (Fsp3) is 0.455. The second-order valence-corrected chi connectivity index (χ2v) is 3.12. The van der Waals surface area contributed by atoms with Crippen LogP contribution in [0.3, 0.4) is 0 Å². The molecule has 0 spiro atoms. The first-order valence-corrected chi connectivity index (χ1v) is 4.57. The fourth-order valence-corrected chi connectivity index (χ4v) is 1.23. The van der Waals surface area contributed by atoms with Crippen molar-refractivity contribution in [1.29, 1.82) is 0 Å². The van der Waals surface area contributed by atoms with Crippen LogP contribution in [-0.4, -0.2) is 10.6 Å². The average Bonchev–Trinajstić information content (AvgIpc) is 2.54. The molecule has 1 N–H and O–H groups in total. The smallest absolute Gasteiger partial charge is 0.0687 e. The number of hydrogen-bond acceptors (Lipinski definition) is 1.